The first-order valence-corrected chi connectivity index (χ1v) is 7.32. The molecule has 2 fully saturated rings. The smallest absolute Gasteiger partial charge is 0.237 e. The van der Waals surface area contributed by atoms with E-state index in [1.807, 2.05) is 0 Å². The molecule has 0 spiro atoms. The van der Waals surface area contributed by atoms with Gasteiger partial charge in [-0.1, -0.05) is 26.2 Å². The van der Waals surface area contributed by atoms with Crippen molar-refractivity contribution in [3.8, 4) is 0 Å². The fraction of sp³-hybridized carbons (Fsp3) is 0.929. The van der Waals surface area contributed by atoms with Crippen LogP contribution in [0.15, 0.2) is 0 Å². The fourth-order valence-corrected chi connectivity index (χ4v) is 3.24. The molecule has 3 atom stereocenters. The molecule has 18 heavy (non-hydrogen) atoms. The summed E-state index contributed by atoms with van der Waals surface area (Å²) in [7, 11) is 0. The summed E-state index contributed by atoms with van der Waals surface area (Å²) < 4.78 is 0. The zero-order chi connectivity index (χ0) is 13.0. The van der Waals surface area contributed by atoms with Crippen molar-refractivity contribution in [3.05, 3.63) is 0 Å². The second-order valence-corrected chi connectivity index (χ2v) is 6.15. The van der Waals surface area contributed by atoms with Crippen molar-refractivity contribution < 1.29 is 9.90 Å². The number of carbonyl (C=O) groups is 1. The normalized spacial score (nSPS) is 37.2. The number of rotatable bonds is 3. The van der Waals surface area contributed by atoms with E-state index in [1.54, 1.807) is 0 Å². The van der Waals surface area contributed by atoms with E-state index in [4.69, 9.17) is 0 Å². The van der Waals surface area contributed by atoms with Crippen LogP contribution in [-0.4, -0.2) is 35.7 Å². The topological polar surface area (TPSA) is 61.4 Å². The van der Waals surface area contributed by atoms with Gasteiger partial charge in [-0.15, -0.1) is 0 Å². The molecule has 1 aliphatic carbocycles. The lowest BCUT2D eigenvalue weighted by molar-refractivity contribution is -0.125. The summed E-state index contributed by atoms with van der Waals surface area (Å²) >= 11 is 0. The van der Waals surface area contributed by atoms with Crippen LogP contribution in [0, 0.1) is 5.92 Å². The minimum absolute atomic E-state index is 0.0524. The van der Waals surface area contributed by atoms with Crippen LogP contribution in [0.25, 0.3) is 0 Å². The van der Waals surface area contributed by atoms with Crippen LogP contribution in [0.3, 0.4) is 0 Å². The molecule has 104 valence electrons. The van der Waals surface area contributed by atoms with Crippen LogP contribution in [0.1, 0.15) is 51.9 Å². The van der Waals surface area contributed by atoms with Crippen molar-refractivity contribution >= 4 is 5.91 Å². The second kappa shape index (κ2) is 6.02. The van der Waals surface area contributed by atoms with Crippen LogP contribution in [0.4, 0.5) is 0 Å². The standard InChI is InChI=1S/C14H26N2O2/c1-11-5-4-7-14(18,9-11)10-16-13(17)12-6-2-3-8-15-12/h11-12,15,18H,2-10H2,1H3,(H,16,17)/t11?,12-,14?/m1/s1. The molecule has 4 nitrogen and oxygen atoms in total. The van der Waals surface area contributed by atoms with E-state index in [0.717, 1.165) is 45.1 Å². The molecule has 0 aromatic heterocycles. The molecule has 0 radical (unpaired) electrons. The Morgan fingerprint density at radius 1 is 1.39 bits per heavy atom. The molecule has 1 heterocycles. The van der Waals surface area contributed by atoms with Crippen LogP contribution in [0.2, 0.25) is 0 Å². The fourth-order valence-electron chi connectivity index (χ4n) is 3.24. The first-order valence-electron chi connectivity index (χ1n) is 7.32. The average molecular weight is 254 g/mol. The van der Waals surface area contributed by atoms with Crippen molar-refractivity contribution in [2.75, 3.05) is 13.1 Å². The summed E-state index contributed by atoms with van der Waals surface area (Å²) in [4.78, 5) is 12.0. The minimum atomic E-state index is -0.679. The van der Waals surface area contributed by atoms with E-state index >= 15 is 0 Å². The molecule has 2 aliphatic rings. The lowest BCUT2D eigenvalue weighted by Gasteiger charge is -2.36. The molecular weight excluding hydrogens is 228 g/mol. The number of nitrogens with one attached hydrogen (secondary N) is 2. The average Bonchev–Trinajstić information content (AvgIpc) is 2.37. The number of hydrogen-bond donors (Lipinski definition) is 3. The summed E-state index contributed by atoms with van der Waals surface area (Å²) in [5.74, 6) is 0.620. The quantitative estimate of drug-likeness (QED) is 0.709. The number of aliphatic hydroxyl groups is 1. The van der Waals surface area contributed by atoms with Crippen molar-refractivity contribution in [2.24, 2.45) is 5.92 Å². The van der Waals surface area contributed by atoms with E-state index in [9.17, 15) is 9.90 Å². The Bertz CT molecular complexity index is 290. The van der Waals surface area contributed by atoms with Gasteiger partial charge < -0.3 is 15.7 Å². The Morgan fingerprint density at radius 2 is 2.22 bits per heavy atom. The highest BCUT2D eigenvalue weighted by Gasteiger charge is 2.33. The van der Waals surface area contributed by atoms with Gasteiger partial charge in [0.05, 0.1) is 11.6 Å². The molecule has 1 saturated carbocycles. The van der Waals surface area contributed by atoms with E-state index in [1.165, 1.54) is 6.42 Å². The summed E-state index contributed by atoms with van der Waals surface area (Å²) in [6.45, 7) is 3.52. The van der Waals surface area contributed by atoms with Gasteiger partial charge in [0.25, 0.3) is 0 Å². The number of amides is 1. The highest BCUT2D eigenvalue weighted by atomic mass is 16.3. The number of carbonyl (C=O) groups excluding carboxylic acids is 1. The molecule has 2 rings (SSSR count). The zero-order valence-electron chi connectivity index (χ0n) is 11.4. The van der Waals surface area contributed by atoms with Gasteiger partial charge in [-0.05, 0) is 38.1 Å². The summed E-state index contributed by atoms with van der Waals surface area (Å²) in [5, 5.41) is 16.6. The van der Waals surface area contributed by atoms with Crippen LogP contribution in [-0.2, 0) is 4.79 Å². The van der Waals surface area contributed by atoms with Gasteiger partial charge in [0.2, 0.25) is 5.91 Å². The Balaban J connectivity index is 1.77. The van der Waals surface area contributed by atoms with Crippen LogP contribution < -0.4 is 10.6 Å². The number of hydrogen-bond acceptors (Lipinski definition) is 3. The van der Waals surface area contributed by atoms with Gasteiger partial charge in [-0.25, -0.2) is 0 Å². The van der Waals surface area contributed by atoms with Gasteiger partial charge in [-0.2, -0.15) is 0 Å². The first-order chi connectivity index (χ1) is 8.59. The van der Waals surface area contributed by atoms with Gasteiger partial charge in [0, 0.05) is 6.54 Å². The maximum Gasteiger partial charge on any atom is 0.237 e. The SMILES string of the molecule is CC1CCCC(O)(CNC(=O)[C@H]2CCCCN2)C1. The third-order valence-electron chi connectivity index (χ3n) is 4.29. The monoisotopic (exact) mass is 254 g/mol. The van der Waals surface area contributed by atoms with E-state index in [2.05, 4.69) is 17.6 Å². The highest BCUT2D eigenvalue weighted by molar-refractivity contribution is 5.81. The van der Waals surface area contributed by atoms with Crippen molar-refractivity contribution in [1.82, 2.24) is 10.6 Å². The van der Waals surface area contributed by atoms with Gasteiger partial charge >= 0.3 is 0 Å². The van der Waals surface area contributed by atoms with E-state index in [-0.39, 0.29) is 11.9 Å². The highest BCUT2D eigenvalue weighted by Crippen LogP contribution is 2.31. The van der Waals surface area contributed by atoms with Crippen molar-refractivity contribution in [2.45, 2.75) is 63.5 Å². The Hall–Kier alpha value is -0.610. The molecule has 4 heteroatoms. The van der Waals surface area contributed by atoms with Crippen LogP contribution >= 0.6 is 0 Å². The molecule has 1 aliphatic heterocycles. The third-order valence-corrected chi connectivity index (χ3v) is 4.29. The van der Waals surface area contributed by atoms with Gasteiger partial charge in [0.1, 0.15) is 0 Å². The summed E-state index contributed by atoms with van der Waals surface area (Å²) in [6.07, 6.45) is 7.08. The minimum Gasteiger partial charge on any atom is -0.388 e. The Morgan fingerprint density at radius 3 is 2.89 bits per heavy atom. The van der Waals surface area contributed by atoms with Crippen molar-refractivity contribution in [1.29, 1.82) is 0 Å². The molecular formula is C14H26N2O2. The predicted octanol–water partition coefficient (Wildman–Crippen LogP) is 1.19. The maximum absolute atomic E-state index is 12.0. The lowest BCUT2D eigenvalue weighted by atomic mass is 9.79. The predicted molar refractivity (Wildman–Crippen MR) is 71.2 cm³/mol. The third kappa shape index (κ3) is 3.69. The summed E-state index contributed by atoms with van der Waals surface area (Å²) in [5.41, 5.74) is -0.679. The molecule has 1 amide bonds. The largest absolute Gasteiger partial charge is 0.388 e. The molecule has 1 saturated heterocycles. The van der Waals surface area contributed by atoms with Gasteiger partial charge in [0.15, 0.2) is 0 Å². The van der Waals surface area contributed by atoms with Crippen LogP contribution in [0.5, 0.6) is 0 Å². The Kier molecular flexibility index (Phi) is 4.62. The van der Waals surface area contributed by atoms with E-state index in [0.29, 0.717) is 12.5 Å². The van der Waals surface area contributed by atoms with E-state index < -0.39 is 5.60 Å². The first kappa shape index (κ1) is 13.8. The maximum atomic E-state index is 12.0. The molecule has 2 unspecified atom stereocenters. The van der Waals surface area contributed by atoms with Crippen molar-refractivity contribution in [3.63, 3.8) is 0 Å². The number of piperidine rings is 1. The summed E-state index contributed by atoms with van der Waals surface area (Å²) in [6, 6.07) is -0.0524. The molecule has 0 aromatic carbocycles. The lowest BCUT2D eigenvalue weighted by Crippen LogP contribution is -2.52. The molecule has 0 aromatic rings. The Labute approximate surface area is 110 Å². The molecule has 3 N–H and O–H groups in total. The second-order valence-electron chi connectivity index (χ2n) is 6.15. The molecule has 0 bridgehead atoms. The zero-order valence-corrected chi connectivity index (χ0v) is 11.4. The van der Waals surface area contributed by atoms with Gasteiger partial charge in [-0.3, -0.25) is 4.79 Å².